The molecule has 0 radical (unpaired) electrons. The molecular weight excluding hydrogens is 310 g/mol. The van der Waals surface area contributed by atoms with Crippen molar-refractivity contribution in [3.63, 3.8) is 0 Å². The Morgan fingerprint density at radius 3 is 2.36 bits per heavy atom. The van der Waals surface area contributed by atoms with Crippen LogP contribution in [-0.2, 0) is 9.59 Å². The summed E-state index contributed by atoms with van der Waals surface area (Å²) in [4.78, 5) is 20.2. The fourth-order valence-electron chi connectivity index (χ4n) is 1.18. The molecule has 0 amide bonds. The first-order valence-corrected chi connectivity index (χ1v) is 7.57. The molecule has 0 heterocycles. The van der Waals surface area contributed by atoms with E-state index in [1.165, 1.54) is 24.3 Å². The second-order valence-corrected chi connectivity index (χ2v) is 5.13. The smallest absolute Gasteiger partial charge is 0.328 e. The van der Waals surface area contributed by atoms with Gasteiger partial charge in [-0.1, -0.05) is 6.07 Å². The molecule has 8 heteroatoms. The van der Waals surface area contributed by atoms with Crippen LogP contribution in [0.3, 0.4) is 0 Å². The van der Waals surface area contributed by atoms with Gasteiger partial charge in [0.1, 0.15) is 6.04 Å². The van der Waals surface area contributed by atoms with E-state index in [9.17, 15) is 9.59 Å². The zero-order chi connectivity index (χ0) is 17.1. The largest absolute Gasteiger partial charge is 0.504 e. The molecular formula is C14H19NO6S. The van der Waals surface area contributed by atoms with Crippen LogP contribution in [0.2, 0.25) is 0 Å². The molecule has 0 aliphatic carbocycles. The number of carboxylic acids is 2. The Morgan fingerprint density at radius 1 is 1.27 bits per heavy atom. The molecule has 0 unspecified atom stereocenters. The van der Waals surface area contributed by atoms with Crippen molar-refractivity contribution in [1.82, 2.24) is 0 Å². The molecule has 0 aromatic heterocycles. The molecule has 122 valence electrons. The Morgan fingerprint density at radius 2 is 1.91 bits per heavy atom. The van der Waals surface area contributed by atoms with Crippen molar-refractivity contribution in [3.8, 4) is 11.5 Å². The molecule has 6 N–H and O–H groups in total. The molecule has 0 saturated carbocycles. The van der Waals surface area contributed by atoms with Gasteiger partial charge in [-0.15, -0.1) is 0 Å². The predicted octanol–water partition coefficient (Wildman–Crippen LogP) is 1.35. The number of phenolic OH excluding ortho intramolecular Hbond substituents is 2. The third-order valence-corrected chi connectivity index (χ3v) is 3.01. The minimum absolute atomic E-state index is 0.229. The second kappa shape index (κ2) is 10.5. The maximum absolute atomic E-state index is 10.1. The number of carbonyl (C=O) groups is 2. The number of nitrogens with two attached hydrogens (primary N) is 1. The van der Waals surface area contributed by atoms with Crippen LogP contribution in [0.1, 0.15) is 12.0 Å². The molecule has 0 saturated heterocycles. The number of phenols is 2. The van der Waals surface area contributed by atoms with Gasteiger partial charge in [0.15, 0.2) is 11.5 Å². The highest BCUT2D eigenvalue weighted by molar-refractivity contribution is 7.98. The van der Waals surface area contributed by atoms with Gasteiger partial charge in [0.25, 0.3) is 0 Å². The molecule has 1 aromatic rings. The average molecular weight is 329 g/mol. The highest BCUT2D eigenvalue weighted by Crippen LogP contribution is 2.25. The lowest BCUT2D eigenvalue weighted by Crippen LogP contribution is -2.30. The Labute approximate surface area is 132 Å². The lowest BCUT2D eigenvalue weighted by atomic mass is 10.2. The van der Waals surface area contributed by atoms with Crippen LogP contribution in [0.5, 0.6) is 11.5 Å². The van der Waals surface area contributed by atoms with Crippen molar-refractivity contribution in [2.24, 2.45) is 5.73 Å². The maximum Gasteiger partial charge on any atom is 0.328 e. The summed E-state index contributed by atoms with van der Waals surface area (Å²) < 4.78 is 0. The standard InChI is InChI=1S/C9H8O4.C5H11NO2S/c10-7-3-1-6(5-8(7)11)2-4-9(12)13;1-9-3-2-4(6)5(7)8/h1-5,10-11H,(H,12,13);4H,2-3,6H2,1H3,(H,7,8)/b4-2+;/t;4-/m.0/s1. The van der Waals surface area contributed by atoms with Gasteiger partial charge in [-0.2, -0.15) is 11.8 Å². The van der Waals surface area contributed by atoms with Crippen molar-refractivity contribution in [2.75, 3.05) is 12.0 Å². The van der Waals surface area contributed by atoms with Gasteiger partial charge in [0, 0.05) is 6.08 Å². The minimum atomic E-state index is -1.06. The topological polar surface area (TPSA) is 141 Å². The van der Waals surface area contributed by atoms with Gasteiger partial charge in [-0.25, -0.2) is 4.79 Å². The Bertz CT molecular complexity index is 532. The van der Waals surface area contributed by atoms with E-state index >= 15 is 0 Å². The number of carboxylic acid groups (broad SMARTS) is 2. The van der Waals surface area contributed by atoms with Crippen LogP contribution in [0.15, 0.2) is 24.3 Å². The van der Waals surface area contributed by atoms with Crippen LogP contribution in [0.4, 0.5) is 0 Å². The third-order valence-electron chi connectivity index (χ3n) is 2.37. The lowest BCUT2D eigenvalue weighted by Gasteiger charge is -2.02. The van der Waals surface area contributed by atoms with Gasteiger partial charge >= 0.3 is 11.9 Å². The summed E-state index contributed by atoms with van der Waals surface area (Å²) in [5.41, 5.74) is 5.70. The lowest BCUT2D eigenvalue weighted by molar-refractivity contribution is -0.138. The van der Waals surface area contributed by atoms with Crippen molar-refractivity contribution in [1.29, 1.82) is 0 Å². The molecule has 1 atom stereocenters. The van der Waals surface area contributed by atoms with Gasteiger partial charge < -0.3 is 26.2 Å². The highest BCUT2D eigenvalue weighted by atomic mass is 32.2. The number of aliphatic carboxylic acids is 2. The first kappa shape index (κ1) is 19.8. The van der Waals surface area contributed by atoms with E-state index in [1.54, 1.807) is 11.8 Å². The molecule has 0 bridgehead atoms. The second-order valence-electron chi connectivity index (χ2n) is 4.15. The van der Waals surface area contributed by atoms with E-state index in [2.05, 4.69) is 0 Å². The zero-order valence-electron chi connectivity index (χ0n) is 12.0. The van der Waals surface area contributed by atoms with E-state index in [0.29, 0.717) is 12.0 Å². The number of thioether (sulfide) groups is 1. The fraction of sp³-hybridized carbons (Fsp3) is 0.286. The number of rotatable bonds is 6. The average Bonchev–Trinajstić information content (AvgIpc) is 2.46. The summed E-state index contributed by atoms with van der Waals surface area (Å²) in [5.74, 6) is -1.66. The Hall–Kier alpha value is -2.19. The van der Waals surface area contributed by atoms with E-state index in [0.717, 1.165) is 11.8 Å². The van der Waals surface area contributed by atoms with Crippen LogP contribution in [0, 0.1) is 0 Å². The molecule has 0 aliphatic heterocycles. The van der Waals surface area contributed by atoms with E-state index in [-0.39, 0.29) is 11.5 Å². The molecule has 1 aromatic carbocycles. The van der Waals surface area contributed by atoms with Crippen molar-refractivity contribution in [3.05, 3.63) is 29.8 Å². The van der Waals surface area contributed by atoms with Gasteiger partial charge in [0.2, 0.25) is 0 Å². The van der Waals surface area contributed by atoms with Gasteiger partial charge in [-0.05, 0) is 42.2 Å². The third kappa shape index (κ3) is 8.88. The van der Waals surface area contributed by atoms with Gasteiger partial charge in [0.05, 0.1) is 0 Å². The molecule has 7 nitrogen and oxygen atoms in total. The van der Waals surface area contributed by atoms with Crippen molar-refractivity contribution >= 4 is 29.8 Å². The molecule has 22 heavy (non-hydrogen) atoms. The summed E-state index contributed by atoms with van der Waals surface area (Å²) >= 11 is 1.60. The number of hydrogen-bond donors (Lipinski definition) is 5. The Balaban J connectivity index is 0.000000433. The summed E-state index contributed by atoms with van der Waals surface area (Å²) in [6.45, 7) is 0. The normalized spacial score (nSPS) is 11.5. The van der Waals surface area contributed by atoms with Crippen LogP contribution >= 0.6 is 11.8 Å². The first-order chi connectivity index (χ1) is 10.3. The minimum Gasteiger partial charge on any atom is -0.504 e. The monoisotopic (exact) mass is 329 g/mol. The number of hydrogen-bond acceptors (Lipinski definition) is 6. The van der Waals surface area contributed by atoms with E-state index in [1.807, 2.05) is 6.26 Å². The molecule has 0 aliphatic rings. The number of benzene rings is 1. The highest BCUT2D eigenvalue weighted by Gasteiger charge is 2.08. The predicted molar refractivity (Wildman–Crippen MR) is 85.1 cm³/mol. The maximum atomic E-state index is 10.1. The quantitative estimate of drug-likeness (QED) is 0.389. The summed E-state index contributed by atoms with van der Waals surface area (Å²) in [6, 6.07) is 3.37. The first-order valence-electron chi connectivity index (χ1n) is 6.18. The van der Waals surface area contributed by atoms with Crippen molar-refractivity contribution < 1.29 is 30.0 Å². The summed E-state index contributed by atoms with van der Waals surface area (Å²) in [6.07, 6.45) is 4.75. The van der Waals surface area contributed by atoms with Crippen LogP contribution in [0.25, 0.3) is 6.08 Å². The molecule has 0 fully saturated rings. The van der Waals surface area contributed by atoms with Gasteiger partial charge in [-0.3, -0.25) is 4.79 Å². The Kier molecular flexibility index (Phi) is 9.48. The fourth-order valence-corrected chi connectivity index (χ4v) is 1.67. The summed E-state index contributed by atoms with van der Waals surface area (Å²) in [5, 5.41) is 34.5. The molecule has 1 rings (SSSR count). The van der Waals surface area contributed by atoms with Crippen LogP contribution < -0.4 is 5.73 Å². The van der Waals surface area contributed by atoms with Crippen LogP contribution in [-0.4, -0.2) is 50.4 Å². The SMILES string of the molecule is CSCC[C@H](N)C(=O)O.O=C(O)/C=C/c1ccc(O)c(O)c1. The number of aromatic hydroxyl groups is 2. The van der Waals surface area contributed by atoms with E-state index in [4.69, 9.17) is 26.2 Å². The zero-order valence-corrected chi connectivity index (χ0v) is 12.8. The molecule has 0 spiro atoms. The summed E-state index contributed by atoms with van der Waals surface area (Å²) in [7, 11) is 0. The van der Waals surface area contributed by atoms with Crippen molar-refractivity contribution in [2.45, 2.75) is 12.5 Å². The van der Waals surface area contributed by atoms with E-state index < -0.39 is 18.0 Å².